The van der Waals surface area contributed by atoms with E-state index in [1.54, 1.807) is 6.26 Å². The van der Waals surface area contributed by atoms with Gasteiger partial charge in [0.2, 0.25) is 17.7 Å². The maximum absolute atomic E-state index is 14.5. The lowest BCUT2D eigenvalue weighted by Crippen LogP contribution is -2.65. The number of amides is 3. The number of carbonyl (C=O) groups excluding carboxylic acids is 3. The summed E-state index contributed by atoms with van der Waals surface area (Å²) < 4.78 is 5.63. The Labute approximate surface area is 242 Å². The standard InChI is InChI=1S/C33H44N4O4/c1-19(2)37(20(3)4)31(40)25-16-22(18-28(38)35-32(5,6)7)30(39)36-14-13-24-23-12-11-21(27-10-9-15-41-27)17-26(23)34-29(24)33(25,36)8/h9-12,15,17,19-20,22,25,34H,13-14,16,18H2,1-8H3,(H,35,38)/t22-,25-,33+/m1/s1. The average molecular weight is 561 g/mol. The van der Waals surface area contributed by atoms with Crippen molar-refractivity contribution in [1.82, 2.24) is 20.1 Å². The molecule has 0 saturated carbocycles. The van der Waals surface area contributed by atoms with Crippen molar-refractivity contribution in [3.8, 4) is 11.3 Å². The summed E-state index contributed by atoms with van der Waals surface area (Å²) in [4.78, 5) is 49.1. The minimum Gasteiger partial charge on any atom is -0.464 e. The van der Waals surface area contributed by atoms with Gasteiger partial charge in [-0.2, -0.15) is 0 Å². The molecule has 8 heteroatoms. The number of benzene rings is 1. The third kappa shape index (κ3) is 5.06. The van der Waals surface area contributed by atoms with Crippen LogP contribution in [-0.2, 0) is 26.3 Å². The molecule has 41 heavy (non-hydrogen) atoms. The second-order valence-electron chi connectivity index (χ2n) is 13.5. The molecule has 2 aromatic heterocycles. The predicted molar refractivity (Wildman–Crippen MR) is 160 cm³/mol. The first-order valence-electron chi connectivity index (χ1n) is 14.9. The predicted octanol–water partition coefficient (Wildman–Crippen LogP) is 5.61. The van der Waals surface area contributed by atoms with E-state index in [4.69, 9.17) is 4.42 Å². The van der Waals surface area contributed by atoms with E-state index in [-0.39, 0.29) is 36.2 Å². The lowest BCUT2D eigenvalue weighted by molar-refractivity contribution is -0.166. The van der Waals surface area contributed by atoms with Gasteiger partial charge in [0.1, 0.15) is 5.76 Å². The smallest absolute Gasteiger partial charge is 0.228 e. The minimum absolute atomic E-state index is 0.00134. The largest absolute Gasteiger partial charge is 0.464 e. The van der Waals surface area contributed by atoms with E-state index in [1.165, 1.54) is 0 Å². The van der Waals surface area contributed by atoms with Crippen LogP contribution in [0.5, 0.6) is 0 Å². The summed E-state index contributed by atoms with van der Waals surface area (Å²) in [5.74, 6) is -0.468. The summed E-state index contributed by atoms with van der Waals surface area (Å²) in [6.07, 6.45) is 2.73. The van der Waals surface area contributed by atoms with Gasteiger partial charge >= 0.3 is 0 Å². The van der Waals surface area contributed by atoms with Gasteiger partial charge in [0, 0.05) is 58.7 Å². The van der Waals surface area contributed by atoms with Gasteiger partial charge in [-0.25, -0.2) is 0 Å². The number of hydrogen-bond donors (Lipinski definition) is 2. The van der Waals surface area contributed by atoms with Crippen molar-refractivity contribution in [2.45, 2.75) is 97.8 Å². The molecule has 3 amide bonds. The first-order chi connectivity index (χ1) is 19.2. The number of rotatable bonds is 6. The van der Waals surface area contributed by atoms with E-state index < -0.39 is 22.9 Å². The van der Waals surface area contributed by atoms with E-state index in [0.29, 0.717) is 19.4 Å². The molecule has 0 radical (unpaired) electrons. The van der Waals surface area contributed by atoms with Crippen molar-refractivity contribution >= 4 is 28.6 Å². The zero-order valence-corrected chi connectivity index (χ0v) is 25.6. The molecule has 2 aliphatic rings. The van der Waals surface area contributed by atoms with E-state index in [1.807, 2.05) is 77.3 Å². The van der Waals surface area contributed by atoms with Gasteiger partial charge in [-0.3, -0.25) is 14.4 Å². The summed E-state index contributed by atoms with van der Waals surface area (Å²) in [5.41, 5.74) is 2.73. The first-order valence-corrected chi connectivity index (χ1v) is 14.9. The molecule has 8 nitrogen and oxygen atoms in total. The van der Waals surface area contributed by atoms with Gasteiger partial charge in [0.25, 0.3) is 0 Å². The van der Waals surface area contributed by atoms with Crippen molar-refractivity contribution in [3.05, 3.63) is 47.9 Å². The van der Waals surface area contributed by atoms with Gasteiger partial charge in [-0.05, 0) is 92.0 Å². The molecule has 2 N–H and O–H groups in total. The molecular formula is C33H44N4O4. The Morgan fingerprint density at radius 1 is 1.17 bits per heavy atom. The highest BCUT2D eigenvalue weighted by Gasteiger charge is 2.57. The second kappa shape index (κ2) is 10.4. The quantitative estimate of drug-likeness (QED) is 0.409. The highest BCUT2D eigenvalue weighted by Crippen LogP contribution is 2.50. The highest BCUT2D eigenvalue weighted by atomic mass is 16.3. The molecule has 0 aliphatic carbocycles. The van der Waals surface area contributed by atoms with Gasteiger partial charge in [-0.1, -0.05) is 12.1 Å². The number of piperidine rings is 1. The number of aromatic amines is 1. The Morgan fingerprint density at radius 3 is 2.49 bits per heavy atom. The summed E-state index contributed by atoms with van der Waals surface area (Å²) in [6, 6.07) is 10.1. The van der Waals surface area contributed by atoms with Crippen LogP contribution in [0.4, 0.5) is 0 Å². The lowest BCUT2D eigenvalue weighted by atomic mass is 9.67. The topological polar surface area (TPSA) is 98.6 Å². The fourth-order valence-electron chi connectivity index (χ4n) is 7.16. The molecule has 220 valence electrons. The maximum atomic E-state index is 14.5. The molecular weight excluding hydrogens is 516 g/mol. The summed E-state index contributed by atoms with van der Waals surface area (Å²) in [5, 5.41) is 4.11. The molecule has 1 fully saturated rings. The van der Waals surface area contributed by atoms with Crippen LogP contribution >= 0.6 is 0 Å². The summed E-state index contributed by atoms with van der Waals surface area (Å²) >= 11 is 0. The van der Waals surface area contributed by atoms with Crippen LogP contribution in [0.15, 0.2) is 41.0 Å². The number of hydrogen-bond acceptors (Lipinski definition) is 4. The van der Waals surface area contributed by atoms with Gasteiger partial charge in [-0.15, -0.1) is 0 Å². The van der Waals surface area contributed by atoms with Crippen LogP contribution in [0, 0.1) is 11.8 Å². The van der Waals surface area contributed by atoms with E-state index in [9.17, 15) is 14.4 Å². The zero-order chi connectivity index (χ0) is 29.9. The molecule has 3 aromatic rings. The fraction of sp³-hybridized carbons (Fsp3) is 0.545. The number of H-pyrrole nitrogens is 1. The highest BCUT2D eigenvalue weighted by molar-refractivity contribution is 5.94. The Kier molecular flexibility index (Phi) is 7.33. The Morgan fingerprint density at radius 2 is 1.88 bits per heavy atom. The zero-order valence-electron chi connectivity index (χ0n) is 25.6. The Hall–Kier alpha value is -3.55. The number of carbonyl (C=O) groups is 3. The van der Waals surface area contributed by atoms with Crippen LogP contribution in [0.1, 0.15) is 79.5 Å². The molecule has 0 spiro atoms. The molecule has 5 rings (SSSR count). The number of nitrogens with one attached hydrogen (secondary N) is 2. The number of aromatic nitrogens is 1. The molecule has 3 atom stereocenters. The normalized spacial score (nSPS) is 22.7. The molecule has 0 unspecified atom stereocenters. The Balaban J connectivity index is 1.61. The summed E-state index contributed by atoms with van der Waals surface area (Å²) in [7, 11) is 0. The van der Waals surface area contributed by atoms with Crippen molar-refractivity contribution in [2.24, 2.45) is 11.8 Å². The molecule has 4 heterocycles. The number of fused-ring (bicyclic) bond motifs is 5. The van der Waals surface area contributed by atoms with Crippen molar-refractivity contribution in [1.29, 1.82) is 0 Å². The van der Waals surface area contributed by atoms with Gasteiger partial charge < -0.3 is 24.5 Å². The molecule has 0 bridgehead atoms. The van der Waals surface area contributed by atoms with Gasteiger partial charge in [0.15, 0.2) is 0 Å². The molecule has 1 aromatic carbocycles. The summed E-state index contributed by atoms with van der Waals surface area (Å²) in [6.45, 7) is 16.5. The van der Waals surface area contributed by atoms with Gasteiger partial charge in [0.05, 0.1) is 17.7 Å². The van der Waals surface area contributed by atoms with Crippen molar-refractivity contribution in [2.75, 3.05) is 6.54 Å². The van der Waals surface area contributed by atoms with E-state index in [2.05, 4.69) is 28.5 Å². The van der Waals surface area contributed by atoms with Crippen molar-refractivity contribution in [3.63, 3.8) is 0 Å². The number of nitrogens with zero attached hydrogens (tertiary/aromatic N) is 2. The van der Waals surface area contributed by atoms with Crippen LogP contribution in [0.25, 0.3) is 22.2 Å². The first kappa shape index (κ1) is 29.0. The third-order valence-corrected chi connectivity index (χ3v) is 8.79. The Bertz CT molecular complexity index is 1450. The third-order valence-electron chi connectivity index (χ3n) is 8.79. The van der Waals surface area contributed by atoms with E-state index in [0.717, 1.165) is 33.5 Å². The van der Waals surface area contributed by atoms with Crippen LogP contribution in [0.3, 0.4) is 0 Å². The second-order valence-corrected chi connectivity index (χ2v) is 13.5. The average Bonchev–Trinajstić information content (AvgIpc) is 3.52. The fourth-order valence-corrected chi connectivity index (χ4v) is 7.16. The monoisotopic (exact) mass is 560 g/mol. The van der Waals surface area contributed by atoms with Crippen LogP contribution in [0.2, 0.25) is 0 Å². The minimum atomic E-state index is -0.870. The van der Waals surface area contributed by atoms with E-state index >= 15 is 0 Å². The maximum Gasteiger partial charge on any atom is 0.228 e. The van der Waals surface area contributed by atoms with Crippen LogP contribution in [-0.4, -0.2) is 56.7 Å². The SMILES string of the molecule is CC(C)N(C(=O)[C@H]1C[C@H](CC(=O)NC(C)(C)C)C(=O)N2CCc3c([nH]c4cc(-c5ccco5)ccc34)[C@]12C)C(C)C. The molecule has 2 aliphatic heterocycles. The molecule has 1 saturated heterocycles. The number of furan rings is 1. The lowest BCUT2D eigenvalue weighted by Gasteiger charge is -2.54. The van der Waals surface area contributed by atoms with Crippen molar-refractivity contribution < 1.29 is 18.8 Å². The van der Waals surface area contributed by atoms with Crippen LogP contribution < -0.4 is 5.32 Å².